The summed E-state index contributed by atoms with van der Waals surface area (Å²) < 4.78 is 0. The maximum absolute atomic E-state index is 11.4. The molecule has 0 saturated heterocycles. The highest BCUT2D eigenvalue weighted by molar-refractivity contribution is 7.24. The summed E-state index contributed by atoms with van der Waals surface area (Å²) in [6, 6.07) is 42.1. The molecule has 4 nitrogen and oxygen atoms in total. The smallest absolute Gasteiger partial charge is 0.346 e. The highest BCUT2D eigenvalue weighted by Gasteiger charge is 2.44. The third-order valence-electron chi connectivity index (χ3n) is 10.9. The molecule has 0 bridgehead atoms. The minimum Gasteiger partial charge on any atom is -0.477 e. The largest absolute Gasteiger partial charge is 0.477 e. The summed E-state index contributed by atoms with van der Waals surface area (Å²) in [6.07, 6.45) is 4.82. The Morgan fingerprint density at radius 1 is 0.840 bits per heavy atom. The van der Waals surface area contributed by atoms with Crippen molar-refractivity contribution in [3.63, 3.8) is 0 Å². The summed E-state index contributed by atoms with van der Waals surface area (Å²) in [4.78, 5) is 18.2. The molecule has 2 unspecified atom stereocenters. The van der Waals surface area contributed by atoms with Crippen LogP contribution in [0.1, 0.15) is 71.3 Å². The number of carboxylic acids is 1. The molecule has 1 aliphatic heterocycles. The number of carboxylic acid groups (broad SMARTS) is 1. The number of benzene rings is 4. The Bertz CT molecular complexity index is 2410. The maximum Gasteiger partial charge on any atom is 0.346 e. The van der Waals surface area contributed by atoms with Crippen molar-refractivity contribution in [1.82, 2.24) is 0 Å². The van der Waals surface area contributed by atoms with Crippen LogP contribution in [0, 0.1) is 11.3 Å². The average molecular weight is 687 g/mol. The van der Waals surface area contributed by atoms with Crippen LogP contribution in [0.25, 0.3) is 37.4 Å². The number of aliphatic carboxylic acids is 1. The third kappa shape index (κ3) is 4.72. The van der Waals surface area contributed by atoms with Gasteiger partial charge < -0.3 is 10.0 Å². The van der Waals surface area contributed by atoms with Gasteiger partial charge in [-0.2, -0.15) is 5.26 Å². The number of hydrogen-bond donors (Lipinski definition) is 1. The van der Waals surface area contributed by atoms with Gasteiger partial charge in [-0.25, -0.2) is 4.79 Å². The molecule has 0 saturated carbocycles. The van der Waals surface area contributed by atoms with Crippen molar-refractivity contribution in [2.45, 2.75) is 50.5 Å². The van der Waals surface area contributed by atoms with Crippen molar-refractivity contribution in [2.24, 2.45) is 0 Å². The number of rotatable bonds is 6. The molecular formula is C44H34N2O2S2. The van der Waals surface area contributed by atoms with Gasteiger partial charge in [0.1, 0.15) is 11.6 Å². The van der Waals surface area contributed by atoms with Gasteiger partial charge in [0.2, 0.25) is 0 Å². The van der Waals surface area contributed by atoms with Gasteiger partial charge >= 0.3 is 5.97 Å². The first-order valence-electron chi connectivity index (χ1n) is 17.1. The van der Waals surface area contributed by atoms with E-state index in [2.05, 4.69) is 116 Å². The summed E-state index contributed by atoms with van der Waals surface area (Å²) in [5.41, 5.74) is 13.4. The quantitative estimate of drug-likeness (QED) is 0.140. The summed E-state index contributed by atoms with van der Waals surface area (Å²) in [6.45, 7) is 4.72. The van der Waals surface area contributed by atoms with Crippen LogP contribution < -0.4 is 4.90 Å². The molecule has 0 fully saturated rings. The maximum atomic E-state index is 11.4. The van der Waals surface area contributed by atoms with Gasteiger partial charge in [-0.1, -0.05) is 80.6 Å². The minimum atomic E-state index is -1.21. The van der Waals surface area contributed by atoms with Crippen LogP contribution in [-0.2, 0) is 16.6 Å². The molecule has 9 rings (SSSR count). The molecule has 0 radical (unpaired) electrons. The van der Waals surface area contributed by atoms with Gasteiger partial charge in [0.25, 0.3) is 0 Å². The predicted molar refractivity (Wildman–Crippen MR) is 205 cm³/mol. The molecule has 6 heteroatoms. The van der Waals surface area contributed by atoms with Crippen molar-refractivity contribution >= 4 is 46.1 Å². The molecule has 50 heavy (non-hydrogen) atoms. The summed E-state index contributed by atoms with van der Waals surface area (Å²) in [5.74, 6) is -0.812. The van der Waals surface area contributed by atoms with Gasteiger partial charge in [-0.3, -0.25) is 0 Å². The molecule has 2 atom stereocenters. The second kappa shape index (κ2) is 11.7. The molecule has 0 amide bonds. The monoisotopic (exact) mass is 686 g/mol. The first-order chi connectivity index (χ1) is 24.3. The molecule has 2 aromatic heterocycles. The molecule has 4 aromatic carbocycles. The minimum absolute atomic E-state index is 0.0696. The Hall–Kier alpha value is -5.22. The first-order valence-corrected chi connectivity index (χ1v) is 18.8. The van der Waals surface area contributed by atoms with Crippen molar-refractivity contribution in [1.29, 1.82) is 5.26 Å². The van der Waals surface area contributed by atoms with E-state index >= 15 is 0 Å². The summed E-state index contributed by atoms with van der Waals surface area (Å²) in [5, 5.41) is 18.5. The van der Waals surface area contributed by atoms with Gasteiger partial charge in [-0.05, 0) is 112 Å². The van der Waals surface area contributed by atoms with Crippen LogP contribution in [0.5, 0.6) is 0 Å². The molecule has 3 heterocycles. The number of thiophene rings is 2. The lowest BCUT2D eigenvalue weighted by atomic mass is 9.77. The molecular weight excluding hydrogens is 653 g/mol. The molecule has 244 valence electrons. The Balaban J connectivity index is 1.14. The molecule has 0 spiro atoms. The predicted octanol–water partition coefficient (Wildman–Crippen LogP) is 11.8. The van der Waals surface area contributed by atoms with E-state index in [0.29, 0.717) is 5.92 Å². The van der Waals surface area contributed by atoms with Gasteiger partial charge in [0, 0.05) is 42.2 Å². The Labute approximate surface area is 300 Å². The van der Waals surface area contributed by atoms with E-state index in [4.69, 9.17) is 0 Å². The van der Waals surface area contributed by atoms with Gasteiger partial charge in [-0.15, -0.1) is 22.7 Å². The summed E-state index contributed by atoms with van der Waals surface area (Å²) in [7, 11) is 0. The Kier molecular flexibility index (Phi) is 7.20. The van der Waals surface area contributed by atoms with E-state index in [-0.39, 0.29) is 17.0 Å². The highest BCUT2D eigenvalue weighted by atomic mass is 32.1. The number of anilines is 2. The molecule has 6 aromatic rings. The van der Waals surface area contributed by atoms with Crippen molar-refractivity contribution in [2.75, 3.05) is 4.90 Å². The third-order valence-corrected chi connectivity index (χ3v) is 13.3. The fourth-order valence-corrected chi connectivity index (χ4v) is 10.8. The normalized spacial score (nSPS) is 18.3. The lowest BCUT2D eigenvalue weighted by Gasteiger charge is -2.33. The van der Waals surface area contributed by atoms with E-state index in [1.165, 1.54) is 78.2 Å². The Morgan fingerprint density at radius 3 is 2.38 bits per heavy atom. The average Bonchev–Trinajstić information content (AvgIpc) is 3.93. The zero-order valence-electron chi connectivity index (χ0n) is 27.8. The molecule has 2 aliphatic carbocycles. The number of fused-ring (bicyclic) bond motifs is 3. The second-order valence-electron chi connectivity index (χ2n) is 14.0. The fraction of sp³-hybridized carbons (Fsp3) is 0.182. The number of carbonyl (C=O) groups is 1. The van der Waals surface area contributed by atoms with E-state index in [0.717, 1.165) is 33.9 Å². The van der Waals surface area contributed by atoms with E-state index in [9.17, 15) is 15.2 Å². The highest BCUT2D eigenvalue weighted by Crippen LogP contribution is 2.60. The number of hydrogen-bond acceptors (Lipinski definition) is 5. The van der Waals surface area contributed by atoms with Crippen molar-refractivity contribution < 1.29 is 9.90 Å². The number of nitriles is 1. The zero-order chi connectivity index (χ0) is 34.1. The molecule has 1 N–H and O–H groups in total. The topological polar surface area (TPSA) is 64.3 Å². The van der Waals surface area contributed by atoms with Crippen molar-refractivity contribution in [3.8, 4) is 37.4 Å². The first kappa shape index (κ1) is 30.8. The van der Waals surface area contributed by atoms with Crippen LogP contribution >= 0.6 is 22.7 Å². The van der Waals surface area contributed by atoms with E-state index in [1.807, 2.05) is 12.1 Å². The van der Waals surface area contributed by atoms with Crippen molar-refractivity contribution in [3.05, 3.63) is 147 Å². The van der Waals surface area contributed by atoms with Crippen LogP contribution in [0.2, 0.25) is 0 Å². The zero-order valence-corrected chi connectivity index (χ0v) is 29.4. The van der Waals surface area contributed by atoms with Gasteiger partial charge in [0.15, 0.2) is 0 Å². The lowest BCUT2D eigenvalue weighted by molar-refractivity contribution is -0.132. The van der Waals surface area contributed by atoms with Crippen LogP contribution in [-0.4, -0.2) is 11.1 Å². The van der Waals surface area contributed by atoms with Crippen LogP contribution in [0.3, 0.4) is 0 Å². The van der Waals surface area contributed by atoms with E-state index in [1.54, 1.807) is 17.4 Å². The SMILES string of the molecule is CC1(C)c2ccccc2-c2ccc(N3c4ccc(-c5ccc(-c6ccc(/C=C(\C#N)C(=O)O)s6)s5)c5c4C(CCC5)C3c3ccccc3)cc21. The van der Waals surface area contributed by atoms with Crippen LogP contribution in [0.4, 0.5) is 11.4 Å². The van der Waals surface area contributed by atoms with Crippen LogP contribution in [0.15, 0.2) is 115 Å². The Morgan fingerprint density at radius 2 is 1.56 bits per heavy atom. The summed E-state index contributed by atoms with van der Waals surface area (Å²) >= 11 is 3.29. The van der Waals surface area contributed by atoms with E-state index < -0.39 is 5.97 Å². The standard InChI is InChI=1S/C44H34N2O2S2/c1-44(2)35-14-7-6-11-30(35)31-17-15-28(24-36(31)44)46-37-19-18-32(33-12-8-13-34(41(33)37)42(46)26-9-4-3-5-10-26)38-21-22-40(50-38)39-20-16-29(49-39)23-27(25-45)43(47)48/h3-7,9-11,14-24,34,42H,8,12-13H2,1-2H3,(H,47,48)/b27-23+. The molecule has 3 aliphatic rings. The fourth-order valence-electron chi connectivity index (χ4n) is 8.70. The second-order valence-corrected chi connectivity index (χ2v) is 16.2. The lowest BCUT2D eigenvalue weighted by Crippen LogP contribution is -2.23. The number of nitrogens with zero attached hydrogens (tertiary/aromatic N) is 2. The van der Waals surface area contributed by atoms with Gasteiger partial charge in [0.05, 0.1) is 6.04 Å².